The van der Waals surface area contributed by atoms with Gasteiger partial charge in [0.15, 0.2) is 11.6 Å². The second-order valence-electron chi connectivity index (χ2n) is 15.4. The molecule has 6 heterocycles. The van der Waals surface area contributed by atoms with Gasteiger partial charge in [0.25, 0.3) is 0 Å². The van der Waals surface area contributed by atoms with Crippen LogP contribution < -0.4 is 19.3 Å². The molecule has 16 nitrogen and oxygen atoms in total. The van der Waals surface area contributed by atoms with Crippen molar-refractivity contribution in [3.63, 3.8) is 0 Å². The van der Waals surface area contributed by atoms with E-state index in [2.05, 4.69) is 35.0 Å². The van der Waals surface area contributed by atoms with Crippen LogP contribution in [0.25, 0.3) is 23.0 Å². The van der Waals surface area contributed by atoms with Crippen molar-refractivity contribution < 1.29 is 23.5 Å². The van der Waals surface area contributed by atoms with Gasteiger partial charge in [-0.2, -0.15) is 10.2 Å². The van der Waals surface area contributed by atoms with Gasteiger partial charge >= 0.3 is 0 Å². The molecule has 0 spiro atoms. The summed E-state index contributed by atoms with van der Waals surface area (Å²) in [5.41, 5.74) is 3.74. The zero-order chi connectivity index (χ0) is 47.1. The van der Waals surface area contributed by atoms with Gasteiger partial charge < -0.3 is 29.1 Å². The number of benzene rings is 2. The van der Waals surface area contributed by atoms with Crippen LogP contribution in [0.1, 0.15) is 32.2 Å². The first-order valence-electron chi connectivity index (χ1n) is 21.4. The molecule has 2 saturated heterocycles. The number of aromatic nitrogens is 8. The number of hydrogen-bond donors (Lipinski definition) is 0. The quantitative estimate of drug-likeness (QED) is 0.117. The third-order valence-corrected chi connectivity index (χ3v) is 12.7. The molecule has 348 valence electrons. The molecule has 2 aromatic carbocycles. The van der Waals surface area contributed by atoms with Gasteiger partial charge in [-0.3, -0.25) is 19.0 Å². The fourth-order valence-corrected chi connectivity index (χ4v) is 8.49. The molecular formula is C45H49Cl4FN12O4. The Bertz CT molecular complexity index is 2650. The Kier molecular flexibility index (Phi) is 15.8. The van der Waals surface area contributed by atoms with Crippen LogP contribution >= 0.6 is 46.4 Å². The summed E-state index contributed by atoms with van der Waals surface area (Å²) >= 11 is 25.2. The van der Waals surface area contributed by atoms with E-state index in [9.17, 15) is 14.0 Å². The highest BCUT2D eigenvalue weighted by Gasteiger charge is 2.31. The number of piperazine rings is 2. The lowest BCUT2D eigenvalue weighted by Crippen LogP contribution is -2.55. The van der Waals surface area contributed by atoms with Crippen LogP contribution in [0.15, 0.2) is 67.3 Å². The zero-order valence-corrected chi connectivity index (χ0v) is 40.1. The summed E-state index contributed by atoms with van der Waals surface area (Å²) in [6.45, 7) is 14.6. The fourth-order valence-electron chi connectivity index (χ4n) is 7.67. The molecule has 21 heteroatoms. The Balaban J connectivity index is 0.000000197. The molecule has 0 aliphatic carbocycles. The first-order valence-corrected chi connectivity index (χ1v) is 22.9. The van der Waals surface area contributed by atoms with E-state index in [0.29, 0.717) is 113 Å². The minimum Gasteiger partial charge on any atom is -0.492 e. The molecule has 6 aromatic rings. The third kappa shape index (κ3) is 10.9. The molecule has 66 heavy (non-hydrogen) atoms. The van der Waals surface area contributed by atoms with Crippen LogP contribution in [0, 0.1) is 19.7 Å². The Morgan fingerprint density at radius 2 is 1.20 bits per heavy atom. The first-order chi connectivity index (χ1) is 31.8. The van der Waals surface area contributed by atoms with E-state index in [1.54, 1.807) is 64.2 Å². The van der Waals surface area contributed by atoms with Crippen molar-refractivity contribution in [3.8, 4) is 34.5 Å². The maximum atomic E-state index is 14.7. The van der Waals surface area contributed by atoms with Crippen molar-refractivity contribution in [3.05, 3.63) is 105 Å². The van der Waals surface area contributed by atoms with E-state index >= 15 is 0 Å². The average Bonchev–Trinajstić information content (AvgIpc) is 3.76. The number of ether oxygens (including phenoxy) is 2. The smallest absolute Gasteiger partial charge is 0.244 e. The maximum absolute atomic E-state index is 14.7. The van der Waals surface area contributed by atoms with E-state index in [-0.39, 0.29) is 36.0 Å². The summed E-state index contributed by atoms with van der Waals surface area (Å²) in [6.07, 6.45) is 6.49. The van der Waals surface area contributed by atoms with Crippen molar-refractivity contribution in [1.82, 2.24) is 49.3 Å². The normalized spacial score (nSPS) is 15.1. The molecule has 2 aliphatic rings. The Labute approximate surface area is 402 Å². The molecule has 2 amide bonds. The molecular weight excluding hydrogens is 933 g/mol. The highest BCUT2D eigenvalue weighted by molar-refractivity contribution is 6.34. The summed E-state index contributed by atoms with van der Waals surface area (Å²) in [7, 11) is 0. The summed E-state index contributed by atoms with van der Waals surface area (Å²) in [5.74, 6) is 1.44. The minimum atomic E-state index is -0.419. The van der Waals surface area contributed by atoms with Gasteiger partial charge in [0, 0.05) is 94.5 Å². The minimum absolute atomic E-state index is 0.00134. The highest BCUT2D eigenvalue weighted by atomic mass is 35.5. The number of rotatable bonds is 12. The number of nitrogens with zero attached hydrogens (tertiary/aromatic N) is 12. The van der Waals surface area contributed by atoms with Crippen molar-refractivity contribution in [2.75, 3.05) is 68.8 Å². The molecule has 1 atom stereocenters. The molecule has 0 bridgehead atoms. The van der Waals surface area contributed by atoms with Crippen LogP contribution in [-0.4, -0.2) is 126 Å². The van der Waals surface area contributed by atoms with E-state index in [0.717, 1.165) is 18.8 Å². The lowest BCUT2D eigenvalue weighted by atomic mass is 10.1. The number of anilines is 2. The number of halogens is 5. The van der Waals surface area contributed by atoms with Crippen molar-refractivity contribution >= 4 is 69.6 Å². The lowest BCUT2D eigenvalue weighted by molar-refractivity contribution is -0.134. The number of carbonyl (C=O) groups excluding carboxylic acids is 2. The van der Waals surface area contributed by atoms with E-state index in [4.69, 9.17) is 55.9 Å². The molecule has 0 unspecified atom stereocenters. The average molecular weight is 983 g/mol. The van der Waals surface area contributed by atoms with E-state index < -0.39 is 5.82 Å². The molecule has 0 radical (unpaired) electrons. The molecule has 0 N–H and O–H groups in total. The van der Waals surface area contributed by atoms with Crippen LogP contribution in [0.5, 0.6) is 11.5 Å². The Hall–Kier alpha value is -5.75. The van der Waals surface area contributed by atoms with Gasteiger partial charge in [0.2, 0.25) is 11.8 Å². The van der Waals surface area contributed by atoms with Gasteiger partial charge in [-0.15, -0.1) is 0 Å². The summed E-state index contributed by atoms with van der Waals surface area (Å²) < 4.78 is 29.0. The maximum Gasteiger partial charge on any atom is 0.244 e. The summed E-state index contributed by atoms with van der Waals surface area (Å²) in [4.78, 5) is 50.6. The van der Waals surface area contributed by atoms with Crippen molar-refractivity contribution in [1.29, 1.82) is 0 Å². The number of amides is 2. The SMILES string of the molecule is CCOc1cc(N2CCN(C(=O)Cn3nc(-c4ncccn4)c(Cl)c3C)CC2)ccc1Cl.CCOc1cc(N2CCN(C(=O)Cn3nc(-c4ncccn4)c(Cl)c3C)[C@@H](C)C2)c(F)cc1Cl. The molecule has 2 fully saturated rings. The number of hydrogen-bond acceptors (Lipinski definition) is 12. The predicted molar refractivity (Wildman–Crippen MR) is 253 cm³/mol. The van der Waals surface area contributed by atoms with Crippen LogP contribution in [0.3, 0.4) is 0 Å². The van der Waals surface area contributed by atoms with Crippen LogP contribution in [0.2, 0.25) is 20.1 Å². The molecule has 4 aromatic heterocycles. The second kappa shape index (κ2) is 21.7. The van der Waals surface area contributed by atoms with Gasteiger partial charge in [0.05, 0.1) is 50.4 Å². The van der Waals surface area contributed by atoms with Crippen molar-refractivity contribution in [2.24, 2.45) is 0 Å². The van der Waals surface area contributed by atoms with Crippen LogP contribution in [-0.2, 0) is 22.7 Å². The van der Waals surface area contributed by atoms with Gasteiger partial charge in [0.1, 0.15) is 41.8 Å². The molecule has 2 aliphatic heterocycles. The Morgan fingerprint density at radius 3 is 1.73 bits per heavy atom. The standard InChI is InChI=1S/C23H25Cl2FN6O2.C22H24Cl2N6O2/c1-4-34-19-11-18(17(26)10-16(19)24)30-8-9-31(14(2)12-30)20(33)13-32-15(3)21(25)22(29-32)23-27-6-5-7-28-23;1-3-32-18-13-16(5-6-17(18)23)28-9-11-29(12-10-28)19(31)14-30-15(2)20(24)21(27-30)22-25-7-4-8-26-22/h5-7,10-11,14H,4,8-9,12-13H2,1-3H3;4-8,13H,3,9-12,14H2,1-2H3/t14-;/m0./s1. The lowest BCUT2D eigenvalue weighted by Gasteiger charge is -2.41. The second-order valence-corrected chi connectivity index (χ2v) is 17.0. The van der Waals surface area contributed by atoms with Crippen molar-refractivity contribution in [2.45, 2.75) is 53.8 Å². The van der Waals surface area contributed by atoms with E-state index in [1.807, 2.05) is 55.7 Å². The largest absolute Gasteiger partial charge is 0.492 e. The number of carbonyl (C=O) groups is 2. The first kappa shape index (κ1) is 48.2. The third-order valence-electron chi connectivity index (χ3n) is 11.2. The van der Waals surface area contributed by atoms with Gasteiger partial charge in [-0.05, 0) is 65.0 Å². The van der Waals surface area contributed by atoms with E-state index in [1.165, 1.54) is 6.07 Å². The summed E-state index contributed by atoms with van der Waals surface area (Å²) in [6, 6.07) is 11.9. The fraction of sp³-hybridized carbons (Fsp3) is 0.378. The monoisotopic (exact) mass is 980 g/mol. The Morgan fingerprint density at radius 1 is 0.682 bits per heavy atom. The van der Waals surface area contributed by atoms with Gasteiger partial charge in [-0.1, -0.05) is 46.4 Å². The molecule has 0 saturated carbocycles. The summed E-state index contributed by atoms with van der Waals surface area (Å²) in [5, 5.41) is 10.7. The van der Waals surface area contributed by atoms with Gasteiger partial charge in [-0.25, -0.2) is 24.3 Å². The topological polar surface area (TPSA) is 153 Å². The molecule has 8 rings (SSSR count). The predicted octanol–water partition coefficient (Wildman–Crippen LogP) is 7.93. The highest BCUT2D eigenvalue weighted by Crippen LogP contribution is 2.35. The zero-order valence-electron chi connectivity index (χ0n) is 37.1. The van der Waals surface area contributed by atoms with Crippen LogP contribution in [0.4, 0.5) is 15.8 Å².